The van der Waals surface area contributed by atoms with Crippen molar-refractivity contribution in [1.29, 1.82) is 0 Å². The first-order valence-electron chi connectivity index (χ1n) is 9.51. The number of ether oxygens (including phenoxy) is 5. The van der Waals surface area contributed by atoms with E-state index in [0.717, 1.165) is 5.56 Å². The fourth-order valence-electron chi connectivity index (χ4n) is 2.87. The molecule has 1 heterocycles. The monoisotopic (exact) mass is 399 g/mol. The van der Waals surface area contributed by atoms with Gasteiger partial charge >= 0.3 is 0 Å². The van der Waals surface area contributed by atoms with E-state index in [9.17, 15) is 4.79 Å². The third kappa shape index (κ3) is 5.13. The van der Waals surface area contributed by atoms with Crippen LogP contribution in [0.15, 0.2) is 36.4 Å². The Bertz CT molecular complexity index is 876. The van der Waals surface area contributed by atoms with Crippen LogP contribution in [0.4, 0.5) is 5.69 Å². The molecule has 0 fully saturated rings. The fourth-order valence-corrected chi connectivity index (χ4v) is 2.87. The fraction of sp³-hybridized carbons (Fsp3) is 0.318. The first-order chi connectivity index (χ1) is 14.1. The molecule has 1 aliphatic heterocycles. The van der Waals surface area contributed by atoms with Crippen LogP contribution < -0.4 is 29.0 Å². The Hall–Kier alpha value is -3.35. The van der Waals surface area contributed by atoms with Crippen LogP contribution in [0, 0.1) is 0 Å². The average Bonchev–Trinajstić information content (AvgIpc) is 2.73. The molecule has 3 rings (SSSR count). The molecule has 29 heavy (non-hydrogen) atoms. The van der Waals surface area contributed by atoms with E-state index in [1.54, 1.807) is 37.5 Å². The van der Waals surface area contributed by atoms with Crippen LogP contribution in [-0.2, 0) is 4.79 Å². The summed E-state index contributed by atoms with van der Waals surface area (Å²) in [6.07, 6.45) is 3.13. The van der Waals surface area contributed by atoms with Crippen molar-refractivity contribution in [3.05, 3.63) is 42.0 Å². The van der Waals surface area contributed by atoms with Gasteiger partial charge in [0.25, 0.3) is 0 Å². The minimum absolute atomic E-state index is 0.273. The number of hydrogen-bond donors (Lipinski definition) is 1. The van der Waals surface area contributed by atoms with Gasteiger partial charge in [0.2, 0.25) is 11.7 Å². The number of rotatable bonds is 8. The third-order valence-corrected chi connectivity index (χ3v) is 4.09. The van der Waals surface area contributed by atoms with Gasteiger partial charge in [-0.3, -0.25) is 4.79 Å². The van der Waals surface area contributed by atoms with Crippen molar-refractivity contribution >= 4 is 17.7 Å². The van der Waals surface area contributed by atoms with Crippen LogP contribution in [0.5, 0.6) is 28.7 Å². The largest absolute Gasteiger partial charge is 0.493 e. The zero-order chi connectivity index (χ0) is 20.6. The molecule has 0 saturated carbocycles. The summed E-state index contributed by atoms with van der Waals surface area (Å²) in [5.41, 5.74) is 1.38. The Kier molecular flexibility index (Phi) is 6.84. The van der Waals surface area contributed by atoms with E-state index in [1.165, 1.54) is 6.08 Å². The molecule has 0 bridgehead atoms. The Morgan fingerprint density at radius 2 is 1.79 bits per heavy atom. The highest BCUT2D eigenvalue weighted by Gasteiger charge is 2.17. The lowest BCUT2D eigenvalue weighted by Crippen LogP contribution is -2.16. The molecule has 0 radical (unpaired) electrons. The number of methoxy groups -OCH3 is 1. The highest BCUT2D eigenvalue weighted by atomic mass is 16.6. The van der Waals surface area contributed by atoms with Gasteiger partial charge in [-0.25, -0.2) is 0 Å². The molecule has 7 heteroatoms. The first-order valence-corrected chi connectivity index (χ1v) is 9.51. The highest BCUT2D eigenvalue weighted by Crippen LogP contribution is 2.40. The van der Waals surface area contributed by atoms with Gasteiger partial charge in [-0.1, -0.05) is 0 Å². The van der Waals surface area contributed by atoms with Crippen molar-refractivity contribution in [2.75, 3.05) is 38.9 Å². The van der Waals surface area contributed by atoms with Crippen molar-refractivity contribution in [2.45, 2.75) is 13.8 Å². The summed E-state index contributed by atoms with van der Waals surface area (Å²) in [6, 6.07) is 8.89. The average molecular weight is 399 g/mol. The minimum atomic E-state index is -0.273. The molecule has 0 unspecified atom stereocenters. The van der Waals surface area contributed by atoms with Crippen molar-refractivity contribution < 1.29 is 28.5 Å². The van der Waals surface area contributed by atoms with Crippen molar-refractivity contribution in [3.63, 3.8) is 0 Å². The Morgan fingerprint density at radius 1 is 1.03 bits per heavy atom. The summed E-state index contributed by atoms with van der Waals surface area (Å²) >= 11 is 0. The van der Waals surface area contributed by atoms with Crippen LogP contribution >= 0.6 is 0 Å². The molecule has 0 aromatic heterocycles. The topological polar surface area (TPSA) is 75.3 Å². The Morgan fingerprint density at radius 3 is 2.55 bits per heavy atom. The third-order valence-electron chi connectivity index (χ3n) is 4.09. The predicted octanol–water partition coefficient (Wildman–Crippen LogP) is 3.92. The van der Waals surface area contributed by atoms with Gasteiger partial charge < -0.3 is 29.0 Å². The first kappa shape index (κ1) is 20.4. The number of hydrogen-bond acceptors (Lipinski definition) is 6. The predicted molar refractivity (Wildman–Crippen MR) is 110 cm³/mol. The van der Waals surface area contributed by atoms with E-state index < -0.39 is 0 Å². The van der Waals surface area contributed by atoms with Gasteiger partial charge in [0.1, 0.15) is 13.2 Å². The van der Waals surface area contributed by atoms with Crippen molar-refractivity contribution in [3.8, 4) is 28.7 Å². The molecule has 2 aromatic rings. The molecule has 1 aliphatic rings. The molecule has 154 valence electrons. The summed E-state index contributed by atoms with van der Waals surface area (Å²) in [5, 5.41) is 2.82. The van der Waals surface area contributed by atoms with E-state index in [0.29, 0.717) is 60.9 Å². The molecular formula is C22H25NO6. The lowest BCUT2D eigenvalue weighted by Gasteiger charge is -2.20. The van der Waals surface area contributed by atoms with Gasteiger partial charge in [0, 0.05) is 17.8 Å². The number of carbonyl (C=O) groups is 1. The van der Waals surface area contributed by atoms with Crippen LogP contribution in [0.1, 0.15) is 19.4 Å². The maximum Gasteiger partial charge on any atom is 0.248 e. The zero-order valence-electron chi connectivity index (χ0n) is 16.8. The van der Waals surface area contributed by atoms with Crippen LogP contribution in [0.25, 0.3) is 6.08 Å². The molecule has 1 amide bonds. The normalized spacial score (nSPS) is 12.5. The van der Waals surface area contributed by atoms with Crippen LogP contribution in [0.2, 0.25) is 0 Å². The molecule has 1 N–H and O–H groups in total. The quantitative estimate of drug-likeness (QED) is 0.678. The van der Waals surface area contributed by atoms with Gasteiger partial charge in [-0.05, 0) is 49.8 Å². The molecular weight excluding hydrogens is 374 g/mol. The van der Waals surface area contributed by atoms with Crippen LogP contribution in [-0.4, -0.2) is 39.4 Å². The number of fused-ring (bicyclic) bond motifs is 1. The summed E-state index contributed by atoms with van der Waals surface area (Å²) in [4.78, 5) is 12.4. The number of benzene rings is 2. The number of nitrogens with one attached hydrogen (secondary N) is 1. The van der Waals surface area contributed by atoms with E-state index in [4.69, 9.17) is 23.7 Å². The standard InChI is InChI=1S/C22H25NO6/c1-4-26-17-8-7-16(14-18(17)27-5-2)23-21(24)9-6-15-12-19(25-3)22-20(13-15)28-10-11-29-22/h6-9,12-14H,4-5,10-11H2,1-3H3,(H,23,24)/b9-6+. The summed E-state index contributed by atoms with van der Waals surface area (Å²) in [7, 11) is 1.57. The summed E-state index contributed by atoms with van der Waals surface area (Å²) < 4.78 is 27.7. The SMILES string of the molecule is CCOc1ccc(NC(=O)/C=C/c2cc(OC)c3c(c2)OCCO3)cc1OCC. The number of anilines is 1. The van der Waals surface area contributed by atoms with Crippen molar-refractivity contribution in [1.82, 2.24) is 0 Å². The van der Waals surface area contributed by atoms with E-state index in [2.05, 4.69) is 5.32 Å². The van der Waals surface area contributed by atoms with E-state index >= 15 is 0 Å². The molecule has 0 saturated heterocycles. The van der Waals surface area contributed by atoms with Gasteiger partial charge in [0.05, 0.1) is 20.3 Å². The molecule has 0 aliphatic carbocycles. The van der Waals surface area contributed by atoms with Crippen molar-refractivity contribution in [2.24, 2.45) is 0 Å². The maximum absolute atomic E-state index is 12.4. The zero-order valence-corrected chi connectivity index (χ0v) is 16.8. The summed E-state index contributed by atoms with van der Waals surface area (Å²) in [5.74, 6) is 2.71. The Balaban J connectivity index is 1.72. The van der Waals surface area contributed by atoms with E-state index in [1.807, 2.05) is 19.9 Å². The number of amides is 1. The summed E-state index contributed by atoms with van der Waals surface area (Å²) in [6.45, 7) is 5.79. The lowest BCUT2D eigenvalue weighted by molar-refractivity contribution is -0.111. The van der Waals surface area contributed by atoms with E-state index in [-0.39, 0.29) is 5.91 Å². The second kappa shape index (κ2) is 9.73. The molecule has 7 nitrogen and oxygen atoms in total. The second-order valence-electron chi connectivity index (χ2n) is 6.10. The molecule has 0 atom stereocenters. The lowest BCUT2D eigenvalue weighted by atomic mass is 10.1. The Labute approximate surface area is 170 Å². The van der Waals surface area contributed by atoms with Crippen LogP contribution in [0.3, 0.4) is 0 Å². The molecule has 0 spiro atoms. The number of carbonyl (C=O) groups excluding carboxylic acids is 1. The van der Waals surface area contributed by atoms with Gasteiger partial charge in [0.15, 0.2) is 23.0 Å². The smallest absolute Gasteiger partial charge is 0.248 e. The van der Waals surface area contributed by atoms with Gasteiger partial charge in [-0.15, -0.1) is 0 Å². The molecule has 2 aromatic carbocycles. The second-order valence-corrected chi connectivity index (χ2v) is 6.10. The minimum Gasteiger partial charge on any atom is -0.493 e. The highest BCUT2D eigenvalue weighted by molar-refractivity contribution is 6.02. The van der Waals surface area contributed by atoms with Gasteiger partial charge in [-0.2, -0.15) is 0 Å². The maximum atomic E-state index is 12.4.